The largest absolute Gasteiger partial charge is 0.496 e. The van der Waals surface area contributed by atoms with Crippen LogP contribution in [-0.2, 0) is 0 Å². The molecule has 3 nitrogen and oxygen atoms in total. The van der Waals surface area contributed by atoms with Crippen molar-refractivity contribution in [2.45, 2.75) is 6.92 Å². The van der Waals surface area contributed by atoms with Gasteiger partial charge in [0.25, 0.3) is 0 Å². The molecule has 0 fully saturated rings. The second-order valence-corrected chi connectivity index (χ2v) is 3.19. The van der Waals surface area contributed by atoms with Crippen molar-refractivity contribution in [3.63, 3.8) is 0 Å². The average Bonchev–Trinajstić information content (AvgIpc) is 2.28. The maximum Gasteiger partial charge on any atom is 0.339 e. The highest BCUT2D eigenvalue weighted by molar-refractivity contribution is 5.92. The summed E-state index contributed by atoms with van der Waals surface area (Å²) in [4.78, 5) is 11.0. The van der Waals surface area contributed by atoms with Crippen LogP contribution in [0.5, 0.6) is 5.75 Å². The summed E-state index contributed by atoms with van der Waals surface area (Å²) in [6.45, 7) is 5.56. The fourth-order valence-electron chi connectivity index (χ4n) is 1.45. The minimum Gasteiger partial charge on any atom is -0.496 e. The summed E-state index contributed by atoms with van der Waals surface area (Å²) in [7, 11) is 1.45. The fraction of sp³-hybridized carbons (Fsp3) is 0.154. The van der Waals surface area contributed by atoms with Gasteiger partial charge in [-0.05, 0) is 30.2 Å². The highest BCUT2D eigenvalue weighted by Crippen LogP contribution is 2.25. The molecule has 0 unspecified atom stereocenters. The van der Waals surface area contributed by atoms with E-state index in [0.29, 0.717) is 5.75 Å². The zero-order chi connectivity index (χ0) is 12.1. The zero-order valence-electron chi connectivity index (χ0n) is 9.36. The molecule has 0 aromatic heterocycles. The SMILES string of the molecule is C=Cc1cc(C(=O)O)c(OC)cc1/C=C\C. The van der Waals surface area contributed by atoms with Crippen LogP contribution in [0.25, 0.3) is 12.2 Å². The number of benzene rings is 1. The van der Waals surface area contributed by atoms with Crippen LogP contribution in [0, 0.1) is 0 Å². The average molecular weight is 218 g/mol. The second kappa shape index (κ2) is 5.16. The molecule has 84 valence electrons. The molecule has 0 saturated carbocycles. The van der Waals surface area contributed by atoms with Gasteiger partial charge in [-0.2, -0.15) is 0 Å². The number of ether oxygens (including phenoxy) is 1. The Bertz CT molecular complexity index is 445. The Hall–Kier alpha value is -2.03. The Morgan fingerprint density at radius 3 is 2.56 bits per heavy atom. The van der Waals surface area contributed by atoms with Crippen molar-refractivity contribution in [1.82, 2.24) is 0 Å². The molecule has 0 atom stereocenters. The molecule has 1 aromatic carbocycles. The highest BCUT2D eigenvalue weighted by Gasteiger charge is 2.13. The fourth-order valence-corrected chi connectivity index (χ4v) is 1.45. The van der Waals surface area contributed by atoms with Gasteiger partial charge < -0.3 is 9.84 Å². The number of aromatic carboxylic acids is 1. The third-order valence-corrected chi connectivity index (χ3v) is 2.20. The van der Waals surface area contributed by atoms with Gasteiger partial charge in [0.15, 0.2) is 0 Å². The minimum absolute atomic E-state index is 0.144. The van der Waals surface area contributed by atoms with E-state index in [4.69, 9.17) is 9.84 Å². The van der Waals surface area contributed by atoms with Crippen LogP contribution in [0.1, 0.15) is 28.4 Å². The molecule has 0 spiro atoms. The second-order valence-electron chi connectivity index (χ2n) is 3.19. The van der Waals surface area contributed by atoms with Crippen LogP contribution in [0.4, 0.5) is 0 Å². The summed E-state index contributed by atoms with van der Waals surface area (Å²) in [5, 5.41) is 9.01. The number of carboxylic acid groups (broad SMARTS) is 1. The molecule has 0 amide bonds. The Balaban J connectivity index is 3.45. The van der Waals surface area contributed by atoms with Crippen molar-refractivity contribution < 1.29 is 14.6 Å². The third-order valence-electron chi connectivity index (χ3n) is 2.20. The van der Waals surface area contributed by atoms with Crippen LogP contribution < -0.4 is 4.74 Å². The van der Waals surface area contributed by atoms with Crippen LogP contribution in [0.15, 0.2) is 24.8 Å². The number of methoxy groups -OCH3 is 1. The lowest BCUT2D eigenvalue weighted by Gasteiger charge is -2.09. The van der Waals surface area contributed by atoms with E-state index in [1.807, 2.05) is 19.1 Å². The number of hydrogen-bond donors (Lipinski definition) is 1. The third kappa shape index (κ3) is 2.31. The Kier molecular flexibility index (Phi) is 3.89. The summed E-state index contributed by atoms with van der Waals surface area (Å²) >= 11 is 0. The predicted molar refractivity (Wildman–Crippen MR) is 64.8 cm³/mol. The molecule has 0 saturated heterocycles. The molecule has 0 heterocycles. The topological polar surface area (TPSA) is 46.5 Å². The molecule has 0 aliphatic rings. The van der Waals surface area contributed by atoms with Crippen molar-refractivity contribution in [3.05, 3.63) is 41.5 Å². The van der Waals surface area contributed by atoms with E-state index in [1.165, 1.54) is 7.11 Å². The van der Waals surface area contributed by atoms with E-state index in [-0.39, 0.29) is 5.56 Å². The lowest BCUT2D eigenvalue weighted by Crippen LogP contribution is -2.02. The predicted octanol–water partition coefficient (Wildman–Crippen LogP) is 3.07. The van der Waals surface area contributed by atoms with Crippen LogP contribution in [0.2, 0.25) is 0 Å². The molecule has 3 heteroatoms. The van der Waals surface area contributed by atoms with E-state index in [0.717, 1.165) is 11.1 Å². The Morgan fingerprint density at radius 1 is 1.44 bits per heavy atom. The van der Waals surface area contributed by atoms with Gasteiger partial charge in [-0.3, -0.25) is 0 Å². The van der Waals surface area contributed by atoms with E-state index < -0.39 is 5.97 Å². The molecular formula is C13H14O3. The van der Waals surface area contributed by atoms with Crippen molar-refractivity contribution in [1.29, 1.82) is 0 Å². The summed E-state index contributed by atoms with van der Waals surface area (Å²) in [6.07, 6.45) is 5.38. The van der Waals surface area contributed by atoms with E-state index >= 15 is 0 Å². The number of hydrogen-bond acceptors (Lipinski definition) is 2. The summed E-state index contributed by atoms with van der Waals surface area (Å²) in [6, 6.07) is 3.25. The van der Waals surface area contributed by atoms with Crippen molar-refractivity contribution in [2.24, 2.45) is 0 Å². The number of carboxylic acids is 1. The summed E-state index contributed by atoms with van der Waals surface area (Å²) < 4.78 is 5.04. The molecule has 1 rings (SSSR count). The maximum atomic E-state index is 11.0. The lowest BCUT2D eigenvalue weighted by atomic mass is 10.0. The summed E-state index contributed by atoms with van der Waals surface area (Å²) in [5.41, 5.74) is 1.81. The molecule has 0 bridgehead atoms. The van der Waals surface area contributed by atoms with Gasteiger partial charge in [0.05, 0.1) is 7.11 Å². The van der Waals surface area contributed by atoms with Gasteiger partial charge in [0.1, 0.15) is 11.3 Å². The molecule has 1 aromatic rings. The molecular weight excluding hydrogens is 204 g/mol. The van der Waals surface area contributed by atoms with Crippen molar-refractivity contribution >= 4 is 18.1 Å². The van der Waals surface area contributed by atoms with Crippen LogP contribution >= 0.6 is 0 Å². The maximum absolute atomic E-state index is 11.0. The first kappa shape index (κ1) is 12.0. The van der Waals surface area contributed by atoms with Gasteiger partial charge >= 0.3 is 5.97 Å². The van der Waals surface area contributed by atoms with Gasteiger partial charge in [0, 0.05) is 0 Å². The molecule has 0 aliphatic heterocycles. The van der Waals surface area contributed by atoms with Crippen LogP contribution in [-0.4, -0.2) is 18.2 Å². The monoisotopic (exact) mass is 218 g/mol. The molecule has 1 N–H and O–H groups in total. The van der Waals surface area contributed by atoms with E-state index in [1.54, 1.807) is 18.2 Å². The zero-order valence-corrected chi connectivity index (χ0v) is 9.36. The summed E-state index contributed by atoms with van der Waals surface area (Å²) in [5.74, 6) is -0.654. The Morgan fingerprint density at radius 2 is 2.12 bits per heavy atom. The number of carbonyl (C=O) groups is 1. The van der Waals surface area contributed by atoms with Gasteiger partial charge in [-0.1, -0.05) is 24.8 Å². The van der Waals surface area contributed by atoms with E-state index in [9.17, 15) is 4.79 Å². The van der Waals surface area contributed by atoms with Gasteiger partial charge in [-0.15, -0.1) is 0 Å². The Labute approximate surface area is 94.7 Å². The van der Waals surface area contributed by atoms with Gasteiger partial charge in [-0.25, -0.2) is 4.79 Å². The minimum atomic E-state index is -1.01. The van der Waals surface area contributed by atoms with Crippen molar-refractivity contribution in [3.8, 4) is 5.75 Å². The lowest BCUT2D eigenvalue weighted by molar-refractivity contribution is 0.0693. The standard InChI is InChI=1S/C13H14O3/c1-4-6-10-8-12(16-3)11(13(14)15)7-9(10)5-2/h4-8H,2H2,1,3H3,(H,14,15)/b6-4-. The number of allylic oxidation sites excluding steroid dienone is 1. The van der Waals surface area contributed by atoms with Gasteiger partial charge in [0.2, 0.25) is 0 Å². The number of rotatable bonds is 4. The smallest absolute Gasteiger partial charge is 0.339 e. The molecule has 0 radical (unpaired) electrons. The quantitative estimate of drug-likeness (QED) is 0.844. The first-order valence-corrected chi connectivity index (χ1v) is 4.84. The first-order chi connectivity index (χ1) is 7.63. The first-order valence-electron chi connectivity index (χ1n) is 4.84. The highest BCUT2D eigenvalue weighted by atomic mass is 16.5. The van der Waals surface area contributed by atoms with E-state index in [2.05, 4.69) is 6.58 Å². The molecule has 16 heavy (non-hydrogen) atoms. The normalized spacial score (nSPS) is 10.4. The van der Waals surface area contributed by atoms with Crippen molar-refractivity contribution in [2.75, 3.05) is 7.11 Å². The van der Waals surface area contributed by atoms with Crippen LogP contribution in [0.3, 0.4) is 0 Å². The molecule has 0 aliphatic carbocycles.